The lowest BCUT2D eigenvalue weighted by molar-refractivity contribution is -0.140. The quantitative estimate of drug-likeness (QED) is 0.614. The number of nitrogen functional groups attached to an aromatic ring is 1. The van der Waals surface area contributed by atoms with Gasteiger partial charge in [-0.25, -0.2) is 13.1 Å². The number of sulfonamides is 1. The fourth-order valence-electron chi connectivity index (χ4n) is 1.60. The van der Waals surface area contributed by atoms with Crippen molar-refractivity contribution < 1.29 is 17.9 Å². The summed E-state index contributed by atoms with van der Waals surface area (Å²) >= 11 is 0. The Balaban J connectivity index is 2.92. The largest absolute Gasteiger partial charge is 0.469 e. The fourth-order valence-corrected chi connectivity index (χ4v) is 2.99. The van der Waals surface area contributed by atoms with E-state index in [1.54, 1.807) is 26.0 Å². The molecule has 7 heteroatoms. The second-order valence-electron chi connectivity index (χ2n) is 4.20. The van der Waals surface area contributed by atoms with Gasteiger partial charge in [-0.05, 0) is 37.1 Å². The topological polar surface area (TPSA) is 98.5 Å². The number of rotatable bonds is 5. The molecule has 1 aromatic rings. The molecule has 0 heterocycles. The highest BCUT2D eigenvalue weighted by Crippen LogP contribution is 2.22. The highest BCUT2D eigenvalue weighted by molar-refractivity contribution is 7.89. The Morgan fingerprint density at radius 1 is 1.37 bits per heavy atom. The minimum Gasteiger partial charge on any atom is -0.469 e. The number of benzene rings is 1. The van der Waals surface area contributed by atoms with E-state index in [2.05, 4.69) is 9.46 Å². The van der Waals surface area contributed by atoms with Crippen LogP contribution in [-0.2, 0) is 19.6 Å². The summed E-state index contributed by atoms with van der Waals surface area (Å²) < 4.78 is 31.0. The summed E-state index contributed by atoms with van der Waals surface area (Å²) in [6.45, 7) is 3.40. The minimum absolute atomic E-state index is 0.0116. The summed E-state index contributed by atoms with van der Waals surface area (Å²) in [5, 5.41) is 0. The zero-order valence-corrected chi connectivity index (χ0v) is 12.0. The summed E-state index contributed by atoms with van der Waals surface area (Å²) in [5.41, 5.74) is 7.43. The molecule has 19 heavy (non-hydrogen) atoms. The number of ether oxygens (including phenoxy) is 1. The van der Waals surface area contributed by atoms with E-state index in [1.807, 2.05) is 0 Å². The van der Waals surface area contributed by atoms with Crippen molar-refractivity contribution in [1.29, 1.82) is 0 Å². The van der Waals surface area contributed by atoms with Crippen molar-refractivity contribution in [1.82, 2.24) is 4.72 Å². The first-order chi connectivity index (χ1) is 8.77. The van der Waals surface area contributed by atoms with E-state index >= 15 is 0 Å². The van der Waals surface area contributed by atoms with Gasteiger partial charge in [0.1, 0.15) is 0 Å². The zero-order chi connectivity index (χ0) is 14.6. The Hall–Kier alpha value is -1.60. The van der Waals surface area contributed by atoms with Crippen LogP contribution in [0.5, 0.6) is 0 Å². The second kappa shape index (κ2) is 6.03. The van der Waals surface area contributed by atoms with Crippen LogP contribution in [0.1, 0.15) is 17.5 Å². The van der Waals surface area contributed by atoms with Gasteiger partial charge in [-0.3, -0.25) is 4.79 Å². The van der Waals surface area contributed by atoms with Crippen LogP contribution in [-0.4, -0.2) is 28.0 Å². The standard InChI is InChI=1S/C12H18N2O4S/c1-8-6-10(13)9(2)11(7-8)19(16,17)14-5-4-12(15)18-3/h6-7,14H,4-5,13H2,1-3H3. The number of nitrogens with one attached hydrogen (secondary N) is 1. The SMILES string of the molecule is COC(=O)CCNS(=O)(=O)c1cc(C)cc(N)c1C. The van der Waals surface area contributed by atoms with Crippen molar-refractivity contribution in [3.8, 4) is 0 Å². The Morgan fingerprint density at radius 2 is 2.00 bits per heavy atom. The van der Waals surface area contributed by atoms with E-state index in [0.717, 1.165) is 5.56 Å². The first-order valence-corrected chi connectivity index (χ1v) is 7.19. The first-order valence-electron chi connectivity index (χ1n) is 5.71. The summed E-state index contributed by atoms with van der Waals surface area (Å²) in [5.74, 6) is -0.469. The number of esters is 1. The van der Waals surface area contributed by atoms with E-state index in [1.165, 1.54) is 7.11 Å². The van der Waals surface area contributed by atoms with Gasteiger partial charge in [0, 0.05) is 12.2 Å². The molecule has 0 aromatic heterocycles. The van der Waals surface area contributed by atoms with Gasteiger partial charge in [-0.1, -0.05) is 0 Å². The monoisotopic (exact) mass is 286 g/mol. The Kier molecular flexibility index (Phi) is 4.90. The molecule has 0 fully saturated rings. The number of nitrogens with two attached hydrogens (primary N) is 1. The van der Waals surface area contributed by atoms with E-state index in [9.17, 15) is 13.2 Å². The van der Waals surface area contributed by atoms with Gasteiger partial charge in [0.2, 0.25) is 10.0 Å². The van der Waals surface area contributed by atoms with Gasteiger partial charge in [0.15, 0.2) is 0 Å². The molecule has 3 N–H and O–H groups in total. The predicted octanol–water partition coefficient (Wildman–Crippen LogP) is 0.727. The fraction of sp³-hybridized carbons (Fsp3) is 0.417. The van der Waals surface area contributed by atoms with E-state index in [0.29, 0.717) is 11.3 Å². The number of anilines is 1. The molecule has 106 valence electrons. The highest BCUT2D eigenvalue weighted by atomic mass is 32.2. The number of hydrogen-bond donors (Lipinski definition) is 2. The highest BCUT2D eigenvalue weighted by Gasteiger charge is 2.18. The molecule has 0 atom stereocenters. The predicted molar refractivity (Wildman–Crippen MR) is 72.1 cm³/mol. The molecule has 0 saturated carbocycles. The smallest absolute Gasteiger partial charge is 0.306 e. The molecule has 0 aliphatic carbocycles. The van der Waals surface area contributed by atoms with Crippen LogP contribution in [0.25, 0.3) is 0 Å². The molecule has 0 amide bonds. The molecule has 0 aliphatic rings. The molecule has 1 aromatic carbocycles. The third kappa shape index (κ3) is 3.93. The zero-order valence-electron chi connectivity index (χ0n) is 11.2. The van der Waals surface area contributed by atoms with Gasteiger partial charge in [-0.2, -0.15) is 0 Å². The number of hydrogen-bond acceptors (Lipinski definition) is 5. The average Bonchev–Trinajstić information content (AvgIpc) is 2.33. The maximum absolute atomic E-state index is 12.1. The van der Waals surface area contributed by atoms with Gasteiger partial charge in [-0.15, -0.1) is 0 Å². The van der Waals surface area contributed by atoms with Crippen molar-refractivity contribution in [2.45, 2.75) is 25.2 Å². The summed E-state index contributed by atoms with van der Waals surface area (Å²) in [6, 6.07) is 3.26. The van der Waals surface area contributed by atoms with E-state index in [-0.39, 0.29) is 17.9 Å². The molecule has 0 unspecified atom stereocenters. The molecule has 6 nitrogen and oxygen atoms in total. The van der Waals surface area contributed by atoms with Crippen molar-refractivity contribution in [3.05, 3.63) is 23.3 Å². The van der Waals surface area contributed by atoms with Crippen LogP contribution in [0.2, 0.25) is 0 Å². The Labute approximate surface area is 113 Å². The summed E-state index contributed by atoms with van der Waals surface area (Å²) in [6.07, 6.45) is -0.0178. The lowest BCUT2D eigenvalue weighted by atomic mass is 10.1. The third-order valence-electron chi connectivity index (χ3n) is 2.68. The lowest BCUT2D eigenvalue weighted by Gasteiger charge is -2.11. The van der Waals surface area contributed by atoms with Crippen molar-refractivity contribution in [3.63, 3.8) is 0 Å². The first kappa shape index (κ1) is 15.5. The second-order valence-corrected chi connectivity index (χ2v) is 5.94. The summed E-state index contributed by atoms with van der Waals surface area (Å²) in [7, 11) is -2.43. The van der Waals surface area contributed by atoms with Gasteiger partial charge in [0.25, 0.3) is 0 Å². The number of methoxy groups -OCH3 is 1. The number of carbonyl (C=O) groups is 1. The van der Waals surface area contributed by atoms with Crippen molar-refractivity contribution in [2.24, 2.45) is 0 Å². The van der Waals surface area contributed by atoms with Crippen molar-refractivity contribution in [2.75, 3.05) is 19.4 Å². The van der Waals surface area contributed by atoms with Crippen LogP contribution in [0.3, 0.4) is 0 Å². The molecule has 0 aliphatic heterocycles. The minimum atomic E-state index is -3.68. The van der Waals surface area contributed by atoms with Gasteiger partial charge < -0.3 is 10.5 Å². The molecular weight excluding hydrogens is 268 g/mol. The molecular formula is C12H18N2O4S. The molecule has 1 rings (SSSR count). The van der Waals surface area contributed by atoms with Crippen molar-refractivity contribution >= 4 is 21.7 Å². The van der Waals surface area contributed by atoms with Gasteiger partial charge >= 0.3 is 5.97 Å². The van der Waals surface area contributed by atoms with Crippen LogP contribution in [0.15, 0.2) is 17.0 Å². The lowest BCUT2D eigenvalue weighted by Crippen LogP contribution is -2.27. The van der Waals surface area contributed by atoms with Gasteiger partial charge in [0.05, 0.1) is 18.4 Å². The molecule has 0 spiro atoms. The van der Waals surface area contributed by atoms with E-state index in [4.69, 9.17) is 5.73 Å². The third-order valence-corrected chi connectivity index (χ3v) is 4.27. The average molecular weight is 286 g/mol. The maximum atomic E-state index is 12.1. The Bertz CT molecular complexity index is 582. The number of carbonyl (C=O) groups excluding carboxylic acids is 1. The molecule has 0 radical (unpaired) electrons. The maximum Gasteiger partial charge on any atom is 0.306 e. The van der Waals surface area contributed by atoms with Crippen LogP contribution in [0.4, 0.5) is 5.69 Å². The van der Waals surface area contributed by atoms with E-state index < -0.39 is 16.0 Å². The van der Waals surface area contributed by atoms with Crippen LogP contribution in [0, 0.1) is 13.8 Å². The summed E-state index contributed by atoms with van der Waals surface area (Å²) in [4.78, 5) is 11.1. The number of aryl methyl sites for hydroxylation is 1. The van der Waals surface area contributed by atoms with Crippen LogP contribution >= 0.6 is 0 Å². The molecule has 0 saturated heterocycles. The Morgan fingerprint density at radius 3 is 2.58 bits per heavy atom. The van der Waals surface area contributed by atoms with Crippen LogP contribution < -0.4 is 10.5 Å². The normalized spacial score (nSPS) is 11.3. The molecule has 0 bridgehead atoms.